The highest BCUT2D eigenvalue weighted by Crippen LogP contribution is 2.39. The second kappa shape index (κ2) is 5.23. The van der Waals surface area contributed by atoms with E-state index in [1.165, 1.54) is 16.7 Å². The fraction of sp³-hybridized carbons (Fsp3) is 0.0476. The number of rotatable bonds is 0. The quantitative estimate of drug-likeness (QED) is 0.480. The third kappa shape index (κ3) is 2.43. The van der Waals surface area contributed by atoms with Gasteiger partial charge in [-0.05, 0) is 64.7 Å². The molecule has 0 aromatic heterocycles. The van der Waals surface area contributed by atoms with E-state index in [1.807, 2.05) is 24.3 Å². The Morgan fingerprint density at radius 1 is 0.739 bits per heavy atom. The fourth-order valence-corrected chi connectivity index (χ4v) is 3.01. The van der Waals surface area contributed by atoms with Crippen LogP contribution < -0.4 is 0 Å². The van der Waals surface area contributed by atoms with Crippen molar-refractivity contribution in [2.75, 3.05) is 0 Å². The van der Waals surface area contributed by atoms with Crippen molar-refractivity contribution in [1.29, 1.82) is 0 Å². The smallest absolute Gasteiger partial charge is 0.115 e. The number of hydrogen-bond acceptors (Lipinski definition) is 2. The van der Waals surface area contributed by atoms with Crippen LogP contribution in [-0.2, 0) is 6.42 Å². The molecule has 2 nitrogen and oxygen atoms in total. The van der Waals surface area contributed by atoms with Gasteiger partial charge in [0.25, 0.3) is 0 Å². The summed E-state index contributed by atoms with van der Waals surface area (Å²) in [6, 6.07) is 18.5. The third-order valence-electron chi connectivity index (χ3n) is 4.13. The zero-order chi connectivity index (χ0) is 15.8. The van der Waals surface area contributed by atoms with E-state index in [1.54, 1.807) is 30.3 Å². The Balaban J connectivity index is 1.75. The maximum Gasteiger partial charge on any atom is 0.115 e. The molecule has 23 heavy (non-hydrogen) atoms. The molecular formula is C21H14O2. The SMILES string of the molecule is Oc1ccc(C#Cc2cccc3c2Cc2cc(O)ccc2-3)cc1. The maximum absolute atomic E-state index is 9.67. The van der Waals surface area contributed by atoms with Gasteiger partial charge in [-0.2, -0.15) is 0 Å². The molecule has 0 unspecified atom stereocenters. The Hall–Kier alpha value is -3.18. The third-order valence-corrected chi connectivity index (χ3v) is 4.13. The van der Waals surface area contributed by atoms with E-state index in [9.17, 15) is 10.2 Å². The molecule has 2 N–H and O–H groups in total. The van der Waals surface area contributed by atoms with Crippen molar-refractivity contribution >= 4 is 0 Å². The zero-order valence-corrected chi connectivity index (χ0v) is 12.4. The molecule has 0 saturated heterocycles. The van der Waals surface area contributed by atoms with Gasteiger partial charge in [-0.1, -0.05) is 30.0 Å². The molecule has 0 radical (unpaired) electrons. The second-order valence-electron chi connectivity index (χ2n) is 5.65. The van der Waals surface area contributed by atoms with Crippen LogP contribution in [0, 0.1) is 11.8 Å². The monoisotopic (exact) mass is 298 g/mol. The van der Waals surface area contributed by atoms with Gasteiger partial charge in [0.15, 0.2) is 0 Å². The first-order chi connectivity index (χ1) is 11.2. The first-order valence-electron chi connectivity index (χ1n) is 7.46. The van der Waals surface area contributed by atoms with Crippen LogP contribution in [-0.4, -0.2) is 10.2 Å². The van der Waals surface area contributed by atoms with E-state index in [0.29, 0.717) is 5.75 Å². The van der Waals surface area contributed by atoms with E-state index in [4.69, 9.17) is 0 Å². The van der Waals surface area contributed by atoms with Gasteiger partial charge in [0, 0.05) is 17.5 Å². The Morgan fingerprint density at radius 3 is 2.35 bits per heavy atom. The molecule has 0 bridgehead atoms. The average molecular weight is 298 g/mol. The number of phenols is 2. The number of benzene rings is 3. The number of fused-ring (bicyclic) bond motifs is 3. The minimum absolute atomic E-state index is 0.242. The minimum Gasteiger partial charge on any atom is -0.508 e. The van der Waals surface area contributed by atoms with E-state index >= 15 is 0 Å². The summed E-state index contributed by atoms with van der Waals surface area (Å²) in [5.74, 6) is 6.92. The van der Waals surface area contributed by atoms with Gasteiger partial charge in [-0.25, -0.2) is 0 Å². The lowest BCUT2D eigenvalue weighted by Crippen LogP contribution is -1.87. The van der Waals surface area contributed by atoms with Gasteiger partial charge in [-0.3, -0.25) is 0 Å². The van der Waals surface area contributed by atoms with Crippen molar-refractivity contribution in [2.45, 2.75) is 6.42 Å². The van der Waals surface area contributed by atoms with Gasteiger partial charge in [-0.15, -0.1) is 0 Å². The largest absolute Gasteiger partial charge is 0.508 e. The predicted molar refractivity (Wildman–Crippen MR) is 90.4 cm³/mol. The van der Waals surface area contributed by atoms with Gasteiger partial charge < -0.3 is 10.2 Å². The summed E-state index contributed by atoms with van der Waals surface area (Å²) in [5.41, 5.74) is 6.58. The van der Waals surface area contributed by atoms with E-state index in [2.05, 4.69) is 17.9 Å². The fourth-order valence-electron chi connectivity index (χ4n) is 3.01. The van der Waals surface area contributed by atoms with Crippen molar-refractivity contribution in [3.05, 3.63) is 82.9 Å². The van der Waals surface area contributed by atoms with Crippen LogP contribution in [0.15, 0.2) is 60.7 Å². The summed E-state index contributed by atoms with van der Waals surface area (Å²) in [5, 5.41) is 19.0. The molecule has 0 saturated carbocycles. The summed E-state index contributed by atoms with van der Waals surface area (Å²) in [6.07, 6.45) is 0.791. The molecule has 4 rings (SSSR count). The van der Waals surface area contributed by atoms with Gasteiger partial charge in [0.05, 0.1) is 0 Å². The predicted octanol–water partition coefficient (Wildman–Crippen LogP) is 4.07. The van der Waals surface area contributed by atoms with Gasteiger partial charge >= 0.3 is 0 Å². The highest BCUT2D eigenvalue weighted by Gasteiger charge is 2.20. The molecule has 0 fully saturated rings. The Morgan fingerprint density at radius 2 is 1.52 bits per heavy atom. The van der Waals surface area contributed by atoms with E-state index in [-0.39, 0.29) is 5.75 Å². The normalized spacial score (nSPS) is 11.3. The summed E-state index contributed by atoms with van der Waals surface area (Å²) < 4.78 is 0. The van der Waals surface area contributed by atoms with E-state index in [0.717, 1.165) is 23.1 Å². The summed E-state index contributed by atoms with van der Waals surface area (Å²) >= 11 is 0. The van der Waals surface area contributed by atoms with Crippen LogP contribution in [0.2, 0.25) is 0 Å². The molecule has 0 aliphatic heterocycles. The molecule has 1 aliphatic carbocycles. The van der Waals surface area contributed by atoms with Crippen LogP contribution in [0.3, 0.4) is 0 Å². The molecule has 2 heteroatoms. The second-order valence-corrected chi connectivity index (χ2v) is 5.65. The van der Waals surface area contributed by atoms with Crippen molar-refractivity contribution in [3.8, 4) is 34.5 Å². The van der Waals surface area contributed by atoms with Crippen LogP contribution in [0.1, 0.15) is 22.3 Å². The molecule has 0 amide bonds. The summed E-state index contributed by atoms with van der Waals surface area (Å²) in [6.45, 7) is 0. The average Bonchev–Trinajstić information content (AvgIpc) is 2.92. The highest BCUT2D eigenvalue weighted by molar-refractivity contribution is 5.79. The molecule has 110 valence electrons. The molecule has 0 heterocycles. The van der Waals surface area contributed by atoms with Crippen LogP contribution in [0.25, 0.3) is 11.1 Å². The van der Waals surface area contributed by atoms with Crippen LogP contribution >= 0.6 is 0 Å². The van der Waals surface area contributed by atoms with E-state index < -0.39 is 0 Å². The van der Waals surface area contributed by atoms with Crippen LogP contribution in [0.4, 0.5) is 0 Å². The van der Waals surface area contributed by atoms with Crippen molar-refractivity contribution in [3.63, 3.8) is 0 Å². The molecule has 1 aliphatic rings. The molecule has 0 atom stereocenters. The summed E-state index contributed by atoms with van der Waals surface area (Å²) in [4.78, 5) is 0. The molecule has 3 aromatic rings. The summed E-state index contributed by atoms with van der Waals surface area (Å²) in [7, 11) is 0. The van der Waals surface area contributed by atoms with Crippen molar-refractivity contribution in [1.82, 2.24) is 0 Å². The van der Waals surface area contributed by atoms with Gasteiger partial charge in [0.1, 0.15) is 11.5 Å². The van der Waals surface area contributed by atoms with Crippen LogP contribution in [0.5, 0.6) is 11.5 Å². The van der Waals surface area contributed by atoms with Crippen molar-refractivity contribution < 1.29 is 10.2 Å². The lowest BCUT2D eigenvalue weighted by Gasteiger charge is -2.02. The number of phenolic OH excluding ortho intramolecular Hbond substituents is 2. The standard InChI is InChI=1S/C21H14O2/c22-17-8-5-14(6-9-17)4-7-15-2-1-3-20-19-11-10-18(23)12-16(19)13-21(15)20/h1-3,5-6,8-12,22-23H,13H2. The number of aromatic hydroxyl groups is 2. The topological polar surface area (TPSA) is 40.5 Å². The first-order valence-corrected chi connectivity index (χ1v) is 7.46. The maximum atomic E-state index is 9.67. The zero-order valence-electron chi connectivity index (χ0n) is 12.4. The Bertz CT molecular complexity index is 957. The van der Waals surface area contributed by atoms with Gasteiger partial charge in [0.2, 0.25) is 0 Å². The first kappa shape index (κ1) is 13.5. The molecule has 0 spiro atoms. The Labute approximate surface area is 134 Å². The lowest BCUT2D eigenvalue weighted by molar-refractivity contribution is 0.474. The Kier molecular flexibility index (Phi) is 3.06. The highest BCUT2D eigenvalue weighted by atomic mass is 16.3. The molecule has 3 aromatic carbocycles. The number of hydrogen-bond donors (Lipinski definition) is 2. The minimum atomic E-state index is 0.242. The lowest BCUT2D eigenvalue weighted by atomic mass is 10.0. The molecular weight excluding hydrogens is 284 g/mol. The van der Waals surface area contributed by atoms with Crippen molar-refractivity contribution in [2.24, 2.45) is 0 Å².